The lowest BCUT2D eigenvalue weighted by Crippen LogP contribution is -2.18. The zero-order valence-electron chi connectivity index (χ0n) is 10.9. The minimum Gasteiger partial charge on any atom is -0.320 e. The lowest BCUT2D eigenvalue weighted by atomic mass is 9.95. The van der Waals surface area contributed by atoms with Crippen molar-refractivity contribution in [3.8, 4) is 0 Å². The van der Waals surface area contributed by atoms with Crippen LogP contribution in [0.4, 0.5) is 10.1 Å². The van der Waals surface area contributed by atoms with Crippen LogP contribution in [0.1, 0.15) is 34.6 Å². The Bertz CT molecular complexity index is 657. The number of halogens is 1. The van der Waals surface area contributed by atoms with Gasteiger partial charge in [-0.2, -0.15) is 0 Å². The van der Waals surface area contributed by atoms with Crippen LogP contribution in [-0.2, 0) is 12.8 Å². The summed E-state index contributed by atoms with van der Waals surface area (Å²) in [6, 6.07) is 4.44. The molecule has 20 heavy (non-hydrogen) atoms. The van der Waals surface area contributed by atoms with E-state index in [-0.39, 0.29) is 5.69 Å². The Balaban J connectivity index is 1.89. The van der Waals surface area contributed by atoms with Crippen LogP contribution in [0.5, 0.6) is 0 Å². The van der Waals surface area contributed by atoms with Crippen molar-refractivity contribution in [2.75, 3.05) is 5.32 Å². The Morgan fingerprint density at radius 3 is 2.85 bits per heavy atom. The number of aryl methyl sites for hydroxylation is 1. The number of aromatic nitrogens is 2. The highest BCUT2D eigenvalue weighted by molar-refractivity contribution is 6.03. The van der Waals surface area contributed by atoms with E-state index in [2.05, 4.69) is 15.3 Å². The number of hydrogen-bond donors (Lipinski definition) is 1. The molecule has 0 aliphatic heterocycles. The summed E-state index contributed by atoms with van der Waals surface area (Å²) in [4.78, 5) is 20.2. The summed E-state index contributed by atoms with van der Waals surface area (Å²) >= 11 is 0. The van der Waals surface area contributed by atoms with Crippen molar-refractivity contribution in [2.24, 2.45) is 0 Å². The van der Waals surface area contributed by atoms with Crippen molar-refractivity contribution in [2.45, 2.75) is 25.7 Å². The van der Waals surface area contributed by atoms with Gasteiger partial charge in [-0.05, 0) is 49.4 Å². The standard InChI is InChI=1S/C15H14FN3O/c16-11-5-3-8-18-14(11)15(20)19-13-7-9-17-12-6-2-1-4-10(12)13/h3,5,7-9H,1-2,4,6H2,(H,17,19,20). The van der Waals surface area contributed by atoms with Crippen LogP contribution in [0.3, 0.4) is 0 Å². The molecule has 0 bridgehead atoms. The number of rotatable bonds is 2. The molecule has 4 nitrogen and oxygen atoms in total. The largest absolute Gasteiger partial charge is 0.320 e. The fourth-order valence-electron chi connectivity index (χ4n) is 2.48. The second-order valence-electron chi connectivity index (χ2n) is 4.78. The van der Waals surface area contributed by atoms with Gasteiger partial charge in [0.1, 0.15) is 0 Å². The predicted octanol–water partition coefficient (Wildman–Crippen LogP) is 2.75. The quantitative estimate of drug-likeness (QED) is 0.913. The zero-order valence-corrected chi connectivity index (χ0v) is 10.9. The Hall–Kier alpha value is -2.30. The maximum Gasteiger partial charge on any atom is 0.277 e. The molecule has 3 rings (SSSR count). The summed E-state index contributed by atoms with van der Waals surface area (Å²) in [7, 11) is 0. The molecule has 1 N–H and O–H groups in total. The van der Waals surface area contributed by atoms with Gasteiger partial charge in [-0.15, -0.1) is 0 Å². The second kappa shape index (κ2) is 5.36. The molecule has 0 fully saturated rings. The third kappa shape index (κ3) is 2.39. The van der Waals surface area contributed by atoms with Crippen LogP contribution in [0.2, 0.25) is 0 Å². The lowest BCUT2D eigenvalue weighted by molar-refractivity contribution is 0.101. The third-order valence-corrected chi connectivity index (χ3v) is 3.46. The van der Waals surface area contributed by atoms with Gasteiger partial charge in [0.25, 0.3) is 5.91 Å². The zero-order chi connectivity index (χ0) is 13.9. The molecule has 2 heterocycles. The number of nitrogens with one attached hydrogen (secondary N) is 1. The third-order valence-electron chi connectivity index (χ3n) is 3.46. The Morgan fingerprint density at radius 1 is 1.15 bits per heavy atom. The number of fused-ring (bicyclic) bond motifs is 1. The molecule has 5 heteroatoms. The summed E-state index contributed by atoms with van der Waals surface area (Å²) < 4.78 is 13.5. The Morgan fingerprint density at radius 2 is 2.00 bits per heavy atom. The highest BCUT2D eigenvalue weighted by Crippen LogP contribution is 2.26. The number of pyridine rings is 2. The maximum atomic E-state index is 13.5. The van der Waals surface area contributed by atoms with E-state index in [0.717, 1.165) is 36.9 Å². The molecule has 0 atom stereocenters. The average molecular weight is 271 g/mol. The molecule has 1 aliphatic rings. The topological polar surface area (TPSA) is 54.9 Å². The van der Waals surface area contributed by atoms with E-state index >= 15 is 0 Å². The lowest BCUT2D eigenvalue weighted by Gasteiger charge is -2.18. The van der Waals surface area contributed by atoms with Crippen LogP contribution in [0.15, 0.2) is 30.6 Å². The molecule has 2 aromatic rings. The number of amides is 1. The van der Waals surface area contributed by atoms with Gasteiger partial charge in [0, 0.05) is 23.8 Å². The van der Waals surface area contributed by atoms with Crippen LogP contribution in [0.25, 0.3) is 0 Å². The minimum absolute atomic E-state index is 0.186. The van der Waals surface area contributed by atoms with Gasteiger partial charge >= 0.3 is 0 Å². The van der Waals surface area contributed by atoms with Crippen LogP contribution < -0.4 is 5.32 Å². The molecule has 0 spiro atoms. The first-order valence-corrected chi connectivity index (χ1v) is 6.64. The monoisotopic (exact) mass is 271 g/mol. The van der Waals surface area contributed by atoms with Crippen molar-refractivity contribution in [1.29, 1.82) is 0 Å². The minimum atomic E-state index is -0.618. The molecule has 0 radical (unpaired) electrons. The smallest absolute Gasteiger partial charge is 0.277 e. The van der Waals surface area contributed by atoms with Gasteiger partial charge in [-0.1, -0.05) is 0 Å². The molecule has 0 unspecified atom stereocenters. The average Bonchev–Trinajstić information content (AvgIpc) is 2.48. The first kappa shape index (κ1) is 12.7. The second-order valence-corrected chi connectivity index (χ2v) is 4.78. The van der Waals surface area contributed by atoms with Crippen molar-refractivity contribution in [3.05, 3.63) is 53.4 Å². The van der Waals surface area contributed by atoms with Crippen LogP contribution in [0, 0.1) is 5.82 Å². The summed E-state index contributed by atoms with van der Waals surface area (Å²) in [5.74, 6) is -1.14. The number of nitrogens with zero attached hydrogens (tertiary/aromatic N) is 2. The molecule has 1 amide bonds. The van der Waals surface area contributed by atoms with Crippen molar-refractivity contribution < 1.29 is 9.18 Å². The van der Waals surface area contributed by atoms with E-state index in [4.69, 9.17) is 0 Å². The fourth-order valence-corrected chi connectivity index (χ4v) is 2.48. The van der Waals surface area contributed by atoms with Crippen LogP contribution in [-0.4, -0.2) is 15.9 Å². The van der Waals surface area contributed by atoms with Crippen molar-refractivity contribution in [1.82, 2.24) is 9.97 Å². The van der Waals surface area contributed by atoms with E-state index in [9.17, 15) is 9.18 Å². The van der Waals surface area contributed by atoms with E-state index in [1.807, 2.05) is 0 Å². The van der Waals surface area contributed by atoms with Crippen molar-refractivity contribution >= 4 is 11.6 Å². The fraction of sp³-hybridized carbons (Fsp3) is 0.267. The van der Waals surface area contributed by atoms with Gasteiger partial charge in [-0.3, -0.25) is 9.78 Å². The molecular formula is C15H14FN3O. The summed E-state index contributed by atoms with van der Waals surface area (Å²) in [6.45, 7) is 0. The number of carbonyl (C=O) groups is 1. The molecule has 2 aromatic heterocycles. The Labute approximate surface area is 116 Å². The van der Waals surface area contributed by atoms with Gasteiger partial charge in [0.15, 0.2) is 11.5 Å². The molecular weight excluding hydrogens is 257 g/mol. The van der Waals surface area contributed by atoms with Gasteiger partial charge in [0.2, 0.25) is 0 Å². The Kier molecular flexibility index (Phi) is 3.41. The maximum absolute atomic E-state index is 13.5. The van der Waals surface area contributed by atoms with Crippen LogP contribution >= 0.6 is 0 Å². The van der Waals surface area contributed by atoms with E-state index in [0.29, 0.717) is 5.69 Å². The van der Waals surface area contributed by atoms with Gasteiger partial charge in [0.05, 0.1) is 0 Å². The normalized spacial score (nSPS) is 13.7. The van der Waals surface area contributed by atoms with E-state index < -0.39 is 11.7 Å². The van der Waals surface area contributed by atoms with E-state index in [1.165, 1.54) is 18.3 Å². The SMILES string of the molecule is O=C(Nc1ccnc2c1CCCC2)c1ncccc1F. The van der Waals surface area contributed by atoms with Gasteiger partial charge < -0.3 is 5.32 Å². The highest BCUT2D eigenvalue weighted by Gasteiger charge is 2.18. The molecule has 0 aromatic carbocycles. The molecule has 0 saturated carbocycles. The summed E-state index contributed by atoms with van der Waals surface area (Å²) in [5.41, 5.74) is 2.61. The molecule has 0 saturated heterocycles. The highest BCUT2D eigenvalue weighted by atomic mass is 19.1. The molecule has 102 valence electrons. The number of anilines is 1. The first-order valence-electron chi connectivity index (χ1n) is 6.64. The number of carbonyl (C=O) groups excluding carboxylic acids is 1. The van der Waals surface area contributed by atoms with E-state index in [1.54, 1.807) is 12.3 Å². The molecule has 1 aliphatic carbocycles. The first-order chi connectivity index (χ1) is 9.75. The summed E-state index contributed by atoms with van der Waals surface area (Å²) in [6.07, 6.45) is 7.10. The summed E-state index contributed by atoms with van der Waals surface area (Å²) in [5, 5.41) is 2.75. The van der Waals surface area contributed by atoms with Crippen molar-refractivity contribution in [3.63, 3.8) is 0 Å². The number of hydrogen-bond acceptors (Lipinski definition) is 3. The predicted molar refractivity (Wildman–Crippen MR) is 73.0 cm³/mol. The van der Waals surface area contributed by atoms with Gasteiger partial charge in [-0.25, -0.2) is 9.37 Å².